The van der Waals surface area contributed by atoms with Crippen molar-refractivity contribution < 1.29 is 18.5 Å². The van der Waals surface area contributed by atoms with Crippen LogP contribution in [0.4, 0.5) is 14.5 Å². The summed E-state index contributed by atoms with van der Waals surface area (Å²) in [6, 6.07) is 13.0. The zero-order chi connectivity index (χ0) is 15.9. The van der Waals surface area contributed by atoms with Gasteiger partial charge in [0.1, 0.15) is 18.2 Å². The molecule has 2 N–H and O–H groups in total. The Morgan fingerprint density at radius 1 is 1.14 bits per heavy atom. The molecule has 0 heterocycles. The van der Waals surface area contributed by atoms with E-state index in [-0.39, 0.29) is 18.1 Å². The summed E-state index contributed by atoms with van der Waals surface area (Å²) in [6.07, 6.45) is 0. The molecule has 0 bridgehead atoms. The van der Waals surface area contributed by atoms with Gasteiger partial charge in [0, 0.05) is 11.6 Å². The van der Waals surface area contributed by atoms with E-state index in [2.05, 4.69) is 5.32 Å². The van der Waals surface area contributed by atoms with Crippen molar-refractivity contribution in [3.63, 3.8) is 0 Å². The number of nitrogens with one attached hydrogen (secondary N) is 2. The fourth-order valence-corrected chi connectivity index (χ4v) is 2.21. The lowest BCUT2D eigenvalue weighted by molar-refractivity contribution is -0.903. The lowest BCUT2D eigenvalue weighted by atomic mass is 10.2. The van der Waals surface area contributed by atoms with E-state index in [0.29, 0.717) is 0 Å². The average Bonchev–Trinajstić information content (AvgIpc) is 2.50. The Morgan fingerprint density at radius 2 is 1.86 bits per heavy atom. The predicted octanol–water partition coefficient (Wildman–Crippen LogP) is 2.01. The van der Waals surface area contributed by atoms with Crippen LogP contribution in [0.25, 0.3) is 0 Å². The van der Waals surface area contributed by atoms with Crippen LogP contribution in [0.3, 0.4) is 0 Å². The molecule has 2 aromatic rings. The standard InChI is InChI=1S/C17H18F2N2O/c1-2-21(11-13-6-4-3-5-7-13)12-17(22)20-16-9-8-14(18)10-15(16)19/h3-10H,2,11-12H2,1H3,(H,20,22)/p+1. The van der Waals surface area contributed by atoms with Gasteiger partial charge in [0.25, 0.3) is 5.91 Å². The third-order valence-electron chi connectivity index (χ3n) is 3.41. The summed E-state index contributed by atoms with van der Waals surface area (Å²) in [5.41, 5.74) is 1.14. The van der Waals surface area contributed by atoms with Crippen LogP contribution in [0.15, 0.2) is 48.5 Å². The van der Waals surface area contributed by atoms with Crippen molar-refractivity contribution in [2.45, 2.75) is 13.5 Å². The third-order valence-corrected chi connectivity index (χ3v) is 3.41. The van der Waals surface area contributed by atoms with E-state index in [0.717, 1.165) is 35.7 Å². The van der Waals surface area contributed by atoms with Crippen molar-refractivity contribution in [3.05, 3.63) is 65.7 Å². The summed E-state index contributed by atoms with van der Waals surface area (Å²) in [4.78, 5) is 13.1. The zero-order valence-electron chi connectivity index (χ0n) is 12.4. The number of hydrogen-bond donors (Lipinski definition) is 2. The van der Waals surface area contributed by atoms with Gasteiger partial charge in [-0.05, 0) is 19.1 Å². The van der Waals surface area contributed by atoms with E-state index < -0.39 is 11.6 Å². The Bertz CT molecular complexity index is 632. The van der Waals surface area contributed by atoms with Crippen molar-refractivity contribution in [3.8, 4) is 0 Å². The summed E-state index contributed by atoms with van der Waals surface area (Å²) in [6.45, 7) is 3.71. The zero-order valence-corrected chi connectivity index (χ0v) is 12.4. The normalized spacial score (nSPS) is 12.0. The number of carbonyl (C=O) groups excluding carboxylic acids is 1. The lowest BCUT2D eigenvalue weighted by Crippen LogP contribution is -3.11. The molecule has 116 valence electrons. The summed E-state index contributed by atoms with van der Waals surface area (Å²) in [5.74, 6) is -1.73. The van der Waals surface area contributed by atoms with Gasteiger partial charge in [-0.1, -0.05) is 30.3 Å². The van der Waals surface area contributed by atoms with E-state index in [1.54, 1.807) is 0 Å². The number of anilines is 1. The Labute approximate surface area is 128 Å². The Balaban J connectivity index is 1.94. The van der Waals surface area contributed by atoms with Crippen molar-refractivity contribution in [2.24, 2.45) is 0 Å². The van der Waals surface area contributed by atoms with Crippen LogP contribution in [0.5, 0.6) is 0 Å². The van der Waals surface area contributed by atoms with Gasteiger partial charge in [-0.15, -0.1) is 0 Å². The number of quaternary nitrogens is 1. The molecule has 0 saturated heterocycles. The van der Waals surface area contributed by atoms with Gasteiger partial charge in [-0.25, -0.2) is 8.78 Å². The molecule has 0 spiro atoms. The average molecular weight is 305 g/mol. The van der Waals surface area contributed by atoms with Crippen molar-refractivity contribution in [2.75, 3.05) is 18.4 Å². The van der Waals surface area contributed by atoms with Gasteiger partial charge in [0.15, 0.2) is 6.54 Å². The van der Waals surface area contributed by atoms with Gasteiger partial charge in [-0.3, -0.25) is 4.79 Å². The number of hydrogen-bond acceptors (Lipinski definition) is 1. The second-order valence-electron chi connectivity index (χ2n) is 5.12. The second-order valence-corrected chi connectivity index (χ2v) is 5.12. The summed E-state index contributed by atoms with van der Waals surface area (Å²) in [7, 11) is 0. The number of carbonyl (C=O) groups is 1. The molecule has 5 heteroatoms. The number of benzene rings is 2. The smallest absolute Gasteiger partial charge is 0.279 e. The minimum absolute atomic E-state index is 0.00145. The maximum atomic E-state index is 13.5. The van der Waals surface area contributed by atoms with E-state index >= 15 is 0 Å². The molecule has 0 aliphatic heterocycles. The highest BCUT2D eigenvalue weighted by molar-refractivity contribution is 5.91. The SMILES string of the molecule is CC[NH+](CC(=O)Nc1ccc(F)cc1F)Cc1ccccc1. The van der Waals surface area contributed by atoms with Crippen LogP contribution < -0.4 is 10.2 Å². The summed E-state index contributed by atoms with van der Waals surface area (Å²) < 4.78 is 26.4. The highest BCUT2D eigenvalue weighted by atomic mass is 19.1. The van der Waals surface area contributed by atoms with Gasteiger partial charge < -0.3 is 10.2 Å². The van der Waals surface area contributed by atoms with Crippen molar-refractivity contribution in [1.29, 1.82) is 0 Å². The molecule has 1 unspecified atom stereocenters. The van der Waals surface area contributed by atoms with Gasteiger partial charge in [-0.2, -0.15) is 0 Å². The maximum Gasteiger partial charge on any atom is 0.279 e. The van der Waals surface area contributed by atoms with Crippen LogP contribution >= 0.6 is 0 Å². The van der Waals surface area contributed by atoms with Gasteiger partial charge in [0.2, 0.25) is 0 Å². The van der Waals surface area contributed by atoms with E-state index in [9.17, 15) is 13.6 Å². The number of rotatable bonds is 6. The molecule has 0 saturated carbocycles. The minimum Gasteiger partial charge on any atom is -0.324 e. The first kappa shape index (κ1) is 16.1. The molecule has 0 aliphatic carbocycles. The molecule has 1 amide bonds. The number of amides is 1. The Hall–Kier alpha value is -2.27. The fourth-order valence-electron chi connectivity index (χ4n) is 2.21. The van der Waals surface area contributed by atoms with Crippen molar-refractivity contribution >= 4 is 11.6 Å². The number of halogens is 2. The first-order chi connectivity index (χ1) is 10.6. The monoisotopic (exact) mass is 305 g/mol. The topological polar surface area (TPSA) is 33.5 Å². The molecular formula is C17H19F2N2O+. The van der Waals surface area contributed by atoms with Crippen LogP contribution in [-0.2, 0) is 11.3 Å². The van der Waals surface area contributed by atoms with E-state index in [1.807, 2.05) is 37.3 Å². The maximum absolute atomic E-state index is 13.5. The van der Waals surface area contributed by atoms with Gasteiger partial charge in [0.05, 0.1) is 12.2 Å². The van der Waals surface area contributed by atoms with Crippen LogP contribution in [-0.4, -0.2) is 19.0 Å². The molecule has 2 rings (SSSR count). The molecule has 2 aromatic carbocycles. The largest absolute Gasteiger partial charge is 0.324 e. The lowest BCUT2D eigenvalue weighted by Gasteiger charge is -2.17. The van der Waals surface area contributed by atoms with Crippen LogP contribution in [0, 0.1) is 11.6 Å². The fraction of sp³-hybridized carbons (Fsp3) is 0.235. The predicted molar refractivity (Wildman–Crippen MR) is 81.5 cm³/mol. The first-order valence-electron chi connectivity index (χ1n) is 7.21. The van der Waals surface area contributed by atoms with Gasteiger partial charge >= 0.3 is 0 Å². The Kier molecular flexibility index (Phi) is 5.61. The van der Waals surface area contributed by atoms with E-state index in [1.165, 1.54) is 6.07 Å². The Morgan fingerprint density at radius 3 is 2.50 bits per heavy atom. The number of likely N-dealkylation sites (N-methyl/N-ethyl adjacent to an activating group) is 1. The molecule has 3 nitrogen and oxygen atoms in total. The summed E-state index contributed by atoms with van der Waals surface area (Å²) >= 11 is 0. The third kappa shape index (κ3) is 4.63. The highest BCUT2D eigenvalue weighted by Crippen LogP contribution is 2.14. The molecule has 0 radical (unpaired) electrons. The molecule has 0 aliphatic rings. The molecule has 1 atom stereocenters. The minimum atomic E-state index is -0.769. The summed E-state index contributed by atoms with van der Waals surface area (Å²) in [5, 5.41) is 2.49. The quantitative estimate of drug-likeness (QED) is 0.841. The van der Waals surface area contributed by atoms with Crippen LogP contribution in [0.2, 0.25) is 0 Å². The molecule has 22 heavy (non-hydrogen) atoms. The molecular weight excluding hydrogens is 286 g/mol. The highest BCUT2D eigenvalue weighted by Gasteiger charge is 2.15. The first-order valence-corrected chi connectivity index (χ1v) is 7.21. The van der Waals surface area contributed by atoms with Crippen LogP contribution in [0.1, 0.15) is 12.5 Å². The van der Waals surface area contributed by atoms with E-state index in [4.69, 9.17) is 0 Å². The second kappa shape index (κ2) is 7.66. The molecule has 0 fully saturated rings. The van der Waals surface area contributed by atoms with Crippen molar-refractivity contribution in [1.82, 2.24) is 0 Å². The molecule has 0 aromatic heterocycles.